The van der Waals surface area contributed by atoms with E-state index in [0.717, 1.165) is 36.5 Å². The lowest BCUT2D eigenvalue weighted by Gasteiger charge is -2.17. The molecule has 0 bridgehead atoms. The molecule has 1 fully saturated rings. The van der Waals surface area contributed by atoms with Gasteiger partial charge in [-0.3, -0.25) is 9.69 Å². The number of aryl methyl sites for hydroxylation is 2. The number of nitrogens with zero attached hydrogens (tertiary/aromatic N) is 1. The number of hydrogen-bond donors (Lipinski definition) is 2. The summed E-state index contributed by atoms with van der Waals surface area (Å²) in [5, 5.41) is 18.7. The number of methoxy groups -OCH3 is 1. The summed E-state index contributed by atoms with van der Waals surface area (Å²) in [5.74, 6) is -1.94. The molecule has 0 aliphatic carbocycles. The Balaban J connectivity index is 1.82. The monoisotopic (exact) mass is 493 g/mol. The molecule has 8 heteroatoms. The molecule has 2 aromatic rings. The predicted molar refractivity (Wildman–Crippen MR) is 137 cm³/mol. The van der Waals surface area contributed by atoms with Crippen molar-refractivity contribution >= 4 is 29.4 Å². The van der Waals surface area contributed by atoms with E-state index in [1.165, 1.54) is 38.2 Å². The Kier molecular flexibility index (Phi) is 9.02. The van der Waals surface area contributed by atoms with Gasteiger partial charge in [-0.15, -0.1) is 0 Å². The van der Waals surface area contributed by atoms with Gasteiger partial charge in [0.05, 0.1) is 12.7 Å². The van der Waals surface area contributed by atoms with Crippen molar-refractivity contribution in [2.45, 2.75) is 26.7 Å². The van der Waals surface area contributed by atoms with Crippen LogP contribution in [-0.2, 0) is 9.59 Å². The first-order chi connectivity index (χ1) is 17.2. The molecule has 0 aromatic heterocycles. The number of aliphatic carboxylic acids is 2. The van der Waals surface area contributed by atoms with E-state index >= 15 is 0 Å². The molecule has 1 saturated heterocycles. The molecule has 0 unspecified atom stereocenters. The van der Waals surface area contributed by atoms with Crippen LogP contribution >= 0.6 is 0 Å². The van der Waals surface area contributed by atoms with Gasteiger partial charge in [-0.25, -0.2) is 9.59 Å². The molecule has 190 valence electrons. The highest BCUT2D eigenvalue weighted by molar-refractivity contribution is 6.20. The number of carboxylic acid groups (broad SMARTS) is 2. The molecule has 0 amide bonds. The van der Waals surface area contributed by atoms with E-state index in [1.807, 2.05) is 13.8 Å². The smallest absolute Gasteiger partial charge is 0.336 e. The van der Waals surface area contributed by atoms with Gasteiger partial charge < -0.3 is 19.7 Å². The maximum atomic E-state index is 13.0. The maximum Gasteiger partial charge on any atom is 0.336 e. The third kappa shape index (κ3) is 6.82. The van der Waals surface area contributed by atoms with Gasteiger partial charge in [-0.2, -0.15) is 0 Å². The second-order valence-corrected chi connectivity index (χ2v) is 8.69. The van der Waals surface area contributed by atoms with Crippen molar-refractivity contribution in [1.82, 2.24) is 4.90 Å². The lowest BCUT2D eigenvalue weighted by molar-refractivity contribution is -0.133. The molecule has 2 aromatic carbocycles. The summed E-state index contributed by atoms with van der Waals surface area (Å²) in [6.07, 6.45) is 5.89. The fourth-order valence-electron chi connectivity index (χ4n) is 4.28. The summed E-state index contributed by atoms with van der Waals surface area (Å²) >= 11 is 0. The molecule has 0 spiro atoms. The van der Waals surface area contributed by atoms with E-state index in [4.69, 9.17) is 14.6 Å². The van der Waals surface area contributed by atoms with E-state index in [9.17, 15) is 19.5 Å². The number of likely N-dealkylation sites (tertiary alicyclic amines) is 1. The summed E-state index contributed by atoms with van der Waals surface area (Å²) < 4.78 is 11.2. The number of carbonyl (C=O) groups is 3. The van der Waals surface area contributed by atoms with Gasteiger partial charge in [-0.1, -0.05) is 12.1 Å². The van der Waals surface area contributed by atoms with Gasteiger partial charge in [0, 0.05) is 23.7 Å². The van der Waals surface area contributed by atoms with Crippen molar-refractivity contribution in [2.75, 3.05) is 33.4 Å². The van der Waals surface area contributed by atoms with Crippen LogP contribution < -0.4 is 9.47 Å². The molecule has 0 atom stereocenters. The van der Waals surface area contributed by atoms with Crippen LogP contribution in [-0.4, -0.2) is 66.2 Å². The summed E-state index contributed by atoms with van der Waals surface area (Å²) in [6.45, 7) is 7.48. The zero-order valence-electron chi connectivity index (χ0n) is 20.7. The van der Waals surface area contributed by atoms with Gasteiger partial charge in [0.1, 0.15) is 18.1 Å². The number of benzene rings is 2. The topological polar surface area (TPSA) is 113 Å². The fourth-order valence-corrected chi connectivity index (χ4v) is 4.28. The van der Waals surface area contributed by atoms with Crippen molar-refractivity contribution in [2.24, 2.45) is 0 Å². The second kappa shape index (κ2) is 12.2. The number of carbonyl (C=O) groups excluding carboxylic acids is 1. The molecule has 2 N–H and O–H groups in total. The first kappa shape index (κ1) is 26.7. The summed E-state index contributed by atoms with van der Waals surface area (Å²) in [7, 11) is 1.42. The van der Waals surface area contributed by atoms with E-state index in [0.29, 0.717) is 29.6 Å². The number of allylic oxidation sites excluding steroid dienone is 1. The molecule has 36 heavy (non-hydrogen) atoms. The van der Waals surface area contributed by atoms with Crippen LogP contribution in [0.15, 0.2) is 42.5 Å². The average Bonchev–Trinajstić information content (AvgIpc) is 3.35. The predicted octanol–water partition coefficient (Wildman–Crippen LogP) is 4.24. The molecule has 3 rings (SSSR count). The Morgan fingerprint density at radius 2 is 1.69 bits per heavy atom. The van der Waals surface area contributed by atoms with Crippen LogP contribution in [0.1, 0.15) is 45.5 Å². The van der Waals surface area contributed by atoms with Gasteiger partial charge in [0.15, 0.2) is 5.78 Å². The number of carboxylic acids is 2. The molecule has 0 saturated carbocycles. The largest absolute Gasteiger partial charge is 0.497 e. The van der Waals surface area contributed by atoms with Crippen LogP contribution in [0, 0.1) is 13.8 Å². The van der Waals surface area contributed by atoms with Crippen molar-refractivity contribution < 1.29 is 34.1 Å². The second-order valence-electron chi connectivity index (χ2n) is 8.69. The normalized spacial score (nSPS) is 14.2. The number of ketones is 1. The molecule has 1 aliphatic heterocycles. The van der Waals surface area contributed by atoms with Crippen LogP contribution in [0.25, 0.3) is 11.6 Å². The van der Waals surface area contributed by atoms with Gasteiger partial charge in [-0.05, 0) is 86.8 Å². The van der Waals surface area contributed by atoms with Crippen LogP contribution in [0.3, 0.4) is 0 Å². The average molecular weight is 494 g/mol. The lowest BCUT2D eigenvalue weighted by Crippen LogP contribution is -2.25. The van der Waals surface area contributed by atoms with Crippen molar-refractivity contribution in [1.29, 1.82) is 0 Å². The Morgan fingerprint density at radius 3 is 2.28 bits per heavy atom. The van der Waals surface area contributed by atoms with Gasteiger partial charge in [0.2, 0.25) is 0 Å². The molecular weight excluding hydrogens is 462 g/mol. The van der Waals surface area contributed by atoms with E-state index in [-0.39, 0.29) is 11.3 Å². The number of hydrogen-bond acceptors (Lipinski definition) is 6. The Bertz CT molecular complexity index is 1180. The molecule has 0 radical (unpaired) electrons. The zero-order valence-corrected chi connectivity index (χ0v) is 20.7. The first-order valence-corrected chi connectivity index (χ1v) is 11.7. The fraction of sp³-hybridized carbons (Fsp3) is 0.321. The highest BCUT2D eigenvalue weighted by Gasteiger charge is 2.17. The third-order valence-corrected chi connectivity index (χ3v) is 6.06. The quantitative estimate of drug-likeness (QED) is 0.353. The van der Waals surface area contributed by atoms with Crippen molar-refractivity contribution in [3.8, 4) is 11.5 Å². The number of ether oxygens (including phenoxy) is 2. The highest BCUT2D eigenvalue weighted by atomic mass is 16.5. The van der Waals surface area contributed by atoms with E-state index in [2.05, 4.69) is 4.90 Å². The summed E-state index contributed by atoms with van der Waals surface area (Å²) in [4.78, 5) is 38.2. The van der Waals surface area contributed by atoms with Crippen LogP contribution in [0.2, 0.25) is 0 Å². The molecule has 1 aliphatic rings. The highest BCUT2D eigenvalue weighted by Crippen LogP contribution is 2.28. The first-order valence-electron chi connectivity index (χ1n) is 11.7. The van der Waals surface area contributed by atoms with Crippen molar-refractivity contribution in [3.05, 3.63) is 70.3 Å². The standard InChI is InChI=1S/C28H31NO7/c1-18-14-21(15-19(2)27(18)36-13-12-29-10-4-5-11-29)25(30)9-7-20-6-8-22(35-3)16-23(20)24(28(33)34)17-26(31)32/h6-9,14-17H,4-5,10-13H2,1-3H3,(H,31,32)(H,33,34)/b9-7?,24-17+. The SMILES string of the molecule is COc1ccc(C=CC(=O)c2cc(C)c(OCCN3CCCC3)c(C)c2)c(/C(=C\C(=O)O)C(=O)O)c1. The number of rotatable bonds is 11. The minimum atomic E-state index is -1.40. The molecular formula is C28H31NO7. The summed E-state index contributed by atoms with van der Waals surface area (Å²) in [6, 6.07) is 8.15. The van der Waals surface area contributed by atoms with Gasteiger partial charge >= 0.3 is 11.9 Å². The van der Waals surface area contributed by atoms with Crippen molar-refractivity contribution in [3.63, 3.8) is 0 Å². The van der Waals surface area contributed by atoms with Crippen LogP contribution in [0.5, 0.6) is 11.5 Å². The van der Waals surface area contributed by atoms with Crippen LogP contribution in [0.4, 0.5) is 0 Å². The minimum Gasteiger partial charge on any atom is -0.497 e. The Hall–Kier alpha value is -3.91. The zero-order chi connectivity index (χ0) is 26.2. The lowest BCUT2D eigenvalue weighted by atomic mass is 9.97. The molecule has 1 heterocycles. The van der Waals surface area contributed by atoms with Gasteiger partial charge in [0.25, 0.3) is 0 Å². The summed E-state index contributed by atoms with van der Waals surface area (Å²) in [5.41, 5.74) is 2.27. The third-order valence-electron chi connectivity index (χ3n) is 6.06. The maximum absolute atomic E-state index is 13.0. The van der Waals surface area contributed by atoms with E-state index in [1.54, 1.807) is 24.3 Å². The Morgan fingerprint density at radius 1 is 1.03 bits per heavy atom. The molecule has 8 nitrogen and oxygen atoms in total. The van der Waals surface area contributed by atoms with E-state index < -0.39 is 17.5 Å². The Labute approximate surface area is 210 Å². The minimum absolute atomic E-state index is 0.127.